The van der Waals surface area contributed by atoms with Crippen molar-refractivity contribution in [3.63, 3.8) is 0 Å². The van der Waals surface area contributed by atoms with E-state index in [1.54, 1.807) is 31.8 Å². The zero-order valence-electron chi connectivity index (χ0n) is 44.2. The number of amides is 2. The van der Waals surface area contributed by atoms with Crippen LogP contribution in [-0.4, -0.2) is 115 Å². The Labute approximate surface area is 431 Å². The van der Waals surface area contributed by atoms with Gasteiger partial charge >= 0.3 is 5.97 Å². The van der Waals surface area contributed by atoms with Gasteiger partial charge in [0.2, 0.25) is 11.8 Å². The number of morpholine rings is 1. The number of ketones is 3. The lowest BCUT2D eigenvalue weighted by Crippen LogP contribution is -2.57. The Morgan fingerprint density at radius 3 is 1.99 bits per heavy atom. The molecule has 3 heterocycles. The highest BCUT2D eigenvalue weighted by molar-refractivity contribution is 5.98. The number of hydrazine groups is 2. The molecule has 0 saturated carbocycles. The topological polar surface area (TPSA) is 194 Å². The number of carbonyl (C=O) groups excluding carboxylic acids is 6. The number of ether oxygens (including phenoxy) is 4. The summed E-state index contributed by atoms with van der Waals surface area (Å²) in [5, 5.41) is 7.86. The number of hydrogen-bond donors (Lipinski definition) is 4. The average molecular weight is 1010 g/mol. The maximum absolute atomic E-state index is 14.7. The lowest BCUT2D eigenvalue weighted by Gasteiger charge is -2.41. The van der Waals surface area contributed by atoms with Gasteiger partial charge in [-0.2, -0.15) is 0 Å². The molecule has 3 aromatic carbocycles. The minimum absolute atomic E-state index is 0.00970. The second-order valence-electron chi connectivity index (χ2n) is 21.7. The number of epoxide rings is 1. The van der Waals surface area contributed by atoms with Crippen molar-refractivity contribution in [1.29, 1.82) is 0 Å². The van der Waals surface area contributed by atoms with E-state index >= 15 is 0 Å². The van der Waals surface area contributed by atoms with Gasteiger partial charge in [-0.25, -0.2) is 0 Å². The van der Waals surface area contributed by atoms with E-state index in [1.807, 2.05) is 114 Å². The van der Waals surface area contributed by atoms with E-state index in [2.05, 4.69) is 21.6 Å². The summed E-state index contributed by atoms with van der Waals surface area (Å²) in [7, 11) is 1.85. The van der Waals surface area contributed by atoms with Gasteiger partial charge in [-0.15, -0.1) is 5.53 Å². The van der Waals surface area contributed by atoms with Gasteiger partial charge in [-0.05, 0) is 80.2 Å². The van der Waals surface area contributed by atoms with E-state index in [-0.39, 0.29) is 79.4 Å². The summed E-state index contributed by atoms with van der Waals surface area (Å²) in [6, 6.07) is 23.1. The molecule has 3 aromatic rings. The number of aryl methyl sites for hydroxylation is 1. The van der Waals surface area contributed by atoms with Gasteiger partial charge in [0.1, 0.15) is 38.4 Å². The zero-order chi connectivity index (χ0) is 52.7. The second-order valence-corrected chi connectivity index (χ2v) is 21.7. The quantitative estimate of drug-likeness (QED) is 0.0266. The van der Waals surface area contributed by atoms with Crippen molar-refractivity contribution in [2.45, 2.75) is 118 Å². The Hall–Kier alpha value is -5.94. The molecule has 0 aromatic heterocycles. The van der Waals surface area contributed by atoms with E-state index < -0.39 is 35.4 Å². The first kappa shape index (κ1) is 56.4. The Bertz CT molecular complexity index is 2380. The molecule has 2 amide bonds. The molecular weight excluding hydrogens is 929 g/mol. The predicted octanol–water partition coefficient (Wildman–Crippen LogP) is 6.22. The molecule has 2 saturated heterocycles. The molecule has 4 N–H and O–H groups in total. The molecule has 0 spiro atoms. The maximum Gasteiger partial charge on any atom is 0.313 e. The van der Waals surface area contributed by atoms with Gasteiger partial charge in [-0.1, -0.05) is 102 Å². The predicted molar refractivity (Wildman–Crippen MR) is 277 cm³/mol. The van der Waals surface area contributed by atoms with Crippen LogP contribution in [0, 0.1) is 29.6 Å². The highest BCUT2D eigenvalue weighted by atomic mass is 16.6. The molecule has 396 valence electrons. The van der Waals surface area contributed by atoms with Gasteiger partial charge in [0, 0.05) is 43.5 Å². The highest BCUT2D eigenvalue weighted by Gasteiger charge is 2.50. The van der Waals surface area contributed by atoms with Crippen molar-refractivity contribution < 1.29 is 52.2 Å². The van der Waals surface area contributed by atoms with Crippen molar-refractivity contribution in [2.75, 3.05) is 53.1 Å². The third kappa shape index (κ3) is 17.3. The van der Waals surface area contributed by atoms with Crippen molar-refractivity contribution in [2.24, 2.45) is 29.6 Å². The van der Waals surface area contributed by atoms with Gasteiger partial charge in [0.05, 0.1) is 43.5 Å². The van der Waals surface area contributed by atoms with Crippen LogP contribution in [0.25, 0.3) is 0 Å². The van der Waals surface area contributed by atoms with Crippen LogP contribution in [0.15, 0.2) is 90.8 Å². The number of Topliss-reactive ketones (excluding diaryl/α,β-unsaturated/α-hetero) is 3. The Kier molecular flexibility index (Phi) is 20.3. The van der Waals surface area contributed by atoms with Crippen LogP contribution < -0.4 is 31.1 Å². The first-order valence-corrected chi connectivity index (χ1v) is 26.1. The second kappa shape index (κ2) is 26.3. The normalized spacial score (nSPS) is 18.8. The fourth-order valence-electron chi connectivity index (χ4n) is 9.46. The average Bonchev–Trinajstić information content (AvgIpc) is 3.97. The van der Waals surface area contributed by atoms with Crippen LogP contribution in [0.5, 0.6) is 11.5 Å². The van der Waals surface area contributed by atoms with Crippen LogP contribution in [0.1, 0.15) is 97.3 Å². The number of quaternary nitrogens is 1. The van der Waals surface area contributed by atoms with Gasteiger partial charge in [-0.3, -0.25) is 33.8 Å². The lowest BCUT2D eigenvalue weighted by atomic mass is 9.87. The third-order valence-corrected chi connectivity index (χ3v) is 13.7. The third-order valence-electron chi connectivity index (χ3n) is 13.7. The largest absolute Gasteiger partial charge is 0.483 e. The van der Waals surface area contributed by atoms with E-state index in [0.29, 0.717) is 81.1 Å². The summed E-state index contributed by atoms with van der Waals surface area (Å²) in [6.45, 7) is 16.3. The summed E-state index contributed by atoms with van der Waals surface area (Å²) in [5.41, 5.74) is 8.60. The van der Waals surface area contributed by atoms with E-state index in [4.69, 9.17) is 18.9 Å². The first-order valence-electron chi connectivity index (χ1n) is 26.1. The summed E-state index contributed by atoms with van der Waals surface area (Å²) in [5.74, 6) is -2.87. The molecule has 0 unspecified atom stereocenters. The SMILES string of the molecule is CC(C)C[C@H](NC(=O)[C@H](CCc1ccccc1)CC(=O)C[N+]1(Cc2ccc(OC(=O)C(C)C)c(OCC3=CN(C)NN3)c2)CCOCC1)C(=O)C[C@@H](Cc1ccccc1)C(=O)N[C@@H](CC(C)C)C(=O)[C@@]1(C)CO1. The molecule has 2 fully saturated rings. The number of rotatable bonds is 29. The smallest absolute Gasteiger partial charge is 0.313 e. The van der Waals surface area contributed by atoms with Crippen molar-refractivity contribution in [3.05, 3.63) is 107 Å². The maximum atomic E-state index is 14.7. The van der Waals surface area contributed by atoms with Crippen LogP contribution in [-0.2, 0) is 57.6 Å². The fourth-order valence-corrected chi connectivity index (χ4v) is 9.46. The molecule has 16 heteroatoms. The Morgan fingerprint density at radius 1 is 0.767 bits per heavy atom. The van der Waals surface area contributed by atoms with Gasteiger partial charge < -0.3 is 39.5 Å². The molecule has 6 rings (SSSR count). The monoisotopic (exact) mass is 1010 g/mol. The van der Waals surface area contributed by atoms with Crippen molar-refractivity contribution >= 4 is 35.1 Å². The van der Waals surface area contributed by atoms with E-state index in [9.17, 15) is 28.8 Å². The summed E-state index contributed by atoms with van der Waals surface area (Å²) >= 11 is 0. The molecule has 16 nitrogen and oxygen atoms in total. The van der Waals surface area contributed by atoms with Crippen LogP contribution in [0.4, 0.5) is 0 Å². The molecular formula is C57H79N6O10+. The van der Waals surface area contributed by atoms with E-state index in [0.717, 1.165) is 22.4 Å². The molecule has 0 bridgehead atoms. The van der Waals surface area contributed by atoms with Crippen molar-refractivity contribution in [1.82, 2.24) is 26.6 Å². The zero-order valence-corrected chi connectivity index (χ0v) is 44.2. The number of nitrogens with one attached hydrogen (secondary N) is 4. The fraction of sp³-hybridized carbons (Fsp3) is 0.544. The summed E-state index contributed by atoms with van der Waals surface area (Å²) in [6.07, 6.45) is 3.56. The summed E-state index contributed by atoms with van der Waals surface area (Å²) in [4.78, 5) is 84.6. The Morgan fingerprint density at radius 2 is 1.38 bits per heavy atom. The molecule has 73 heavy (non-hydrogen) atoms. The van der Waals surface area contributed by atoms with E-state index in [1.165, 1.54) is 0 Å². The number of benzene rings is 3. The molecule has 3 aliphatic heterocycles. The van der Waals surface area contributed by atoms with Gasteiger partial charge in [0.15, 0.2) is 28.8 Å². The van der Waals surface area contributed by atoms with Crippen LogP contribution in [0.3, 0.4) is 0 Å². The minimum atomic E-state index is -0.938. The first-order chi connectivity index (χ1) is 34.8. The number of nitrogens with zero attached hydrogens (tertiary/aromatic N) is 2. The van der Waals surface area contributed by atoms with Crippen LogP contribution in [0.2, 0.25) is 0 Å². The molecule has 0 radical (unpaired) electrons. The molecule has 5 atom stereocenters. The number of esters is 1. The van der Waals surface area contributed by atoms with Crippen LogP contribution >= 0.6 is 0 Å². The van der Waals surface area contributed by atoms with Crippen molar-refractivity contribution in [3.8, 4) is 11.5 Å². The molecule has 0 aliphatic carbocycles. The number of hydrogen-bond acceptors (Lipinski definition) is 13. The molecule has 3 aliphatic rings. The summed E-state index contributed by atoms with van der Waals surface area (Å²) < 4.78 is 23.7. The number of carbonyl (C=O) groups is 6. The minimum Gasteiger partial charge on any atom is -0.483 e. The standard InChI is InChI=1S/C57H78N6O10/c1-38(2)27-48(50(65)32-45(29-42-17-13-10-14-18-42)55(68)59-49(28-39(3)4)53(66)57(7)37-72-57)58-54(67)44(21-19-41-15-11-9-12-16-41)31-47(64)35-63(23-25-70-26-24-63)34-43-20-22-51(73-56(69)40(5)6)52(30-43)71-36-46-33-62(8)61-60-46/h9-18,20,22,30,33,38-40,44-45,48-49,60-61H,19,21,23-29,31-32,34-37H2,1-8H3,(H-,58,59,67,68)/p+1/t44-,45-,48+,49+,57-/m1/s1. The lowest BCUT2D eigenvalue weighted by molar-refractivity contribution is -0.940. The highest BCUT2D eigenvalue weighted by Crippen LogP contribution is 2.33. The van der Waals surface area contributed by atoms with Gasteiger partial charge in [0.25, 0.3) is 0 Å². The Balaban J connectivity index is 1.21.